The maximum Gasteiger partial charge on any atom is 0.434 e. The Hall–Kier alpha value is -1.10. The van der Waals surface area contributed by atoms with Crippen molar-refractivity contribution in [3.8, 4) is 0 Å². The van der Waals surface area contributed by atoms with Gasteiger partial charge in [0.15, 0.2) is 12.0 Å². The van der Waals surface area contributed by atoms with E-state index in [0.717, 1.165) is 12.1 Å². The normalized spacial score (nSPS) is 11.4. The van der Waals surface area contributed by atoms with Crippen molar-refractivity contribution in [2.45, 2.75) is 6.18 Å². The van der Waals surface area contributed by atoms with E-state index in [0.29, 0.717) is 0 Å². The molecule has 1 aromatic heterocycles. The van der Waals surface area contributed by atoms with Gasteiger partial charge in [-0.25, -0.2) is 4.98 Å². The molecule has 0 amide bonds. The molecular weight excluding hydrogens is 207 g/mol. The van der Waals surface area contributed by atoms with Crippen molar-refractivity contribution in [3.05, 3.63) is 28.5 Å². The molecule has 1 heterocycles. The second-order valence-corrected chi connectivity index (χ2v) is 2.57. The summed E-state index contributed by atoms with van der Waals surface area (Å²) in [5, 5.41) is -0.294. The van der Waals surface area contributed by atoms with Crippen LogP contribution in [0, 0.1) is 0 Å². The first-order valence-corrected chi connectivity index (χ1v) is 3.52. The van der Waals surface area contributed by atoms with Crippen LogP contribution < -0.4 is 0 Å². The summed E-state index contributed by atoms with van der Waals surface area (Å²) in [5.41, 5.74) is -1.77. The average Bonchev–Trinajstić information content (AvgIpc) is 2.03. The lowest BCUT2D eigenvalue weighted by Crippen LogP contribution is -2.11. The highest BCUT2D eigenvalue weighted by atomic mass is 35.5. The topological polar surface area (TPSA) is 30.0 Å². The van der Waals surface area contributed by atoms with Crippen LogP contribution >= 0.6 is 11.6 Å². The van der Waals surface area contributed by atoms with Gasteiger partial charge in [0, 0.05) is 5.56 Å². The van der Waals surface area contributed by atoms with Gasteiger partial charge >= 0.3 is 6.18 Å². The minimum Gasteiger partial charge on any atom is -0.298 e. The van der Waals surface area contributed by atoms with Crippen molar-refractivity contribution < 1.29 is 18.0 Å². The SMILES string of the molecule is O=Cc1ccc(Cl)nc1C(F)(F)F. The van der Waals surface area contributed by atoms with E-state index in [1.807, 2.05) is 0 Å². The monoisotopic (exact) mass is 209 g/mol. The second kappa shape index (κ2) is 3.33. The molecule has 6 heteroatoms. The van der Waals surface area contributed by atoms with Gasteiger partial charge in [-0.05, 0) is 12.1 Å². The van der Waals surface area contributed by atoms with Crippen molar-refractivity contribution in [1.29, 1.82) is 0 Å². The molecule has 0 spiro atoms. The minimum atomic E-state index is -4.65. The predicted octanol–water partition coefficient (Wildman–Crippen LogP) is 2.57. The molecule has 2 nitrogen and oxygen atoms in total. The Kier molecular flexibility index (Phi) is 2.56. The number of aldehydes is 1. The van der Waals surface area contributed by atoms with E-state index in [-0.39, 0.29) is 11.4 Å². The molecule has 1 rings (SSSR count). The highest BCUT2D eigenvalue weighted by Gasteiger charge is 2.35. The molecule has 0 saturated carbocycles. The lowest BCUT2D eigenvalue weighted by atomic mass is 10.2. The average molecular weight is 210 g/mol. The van der Waals surface area contributed by atoms with E-state index < -0.39 is 17.4 Å². The number of hydrogen-bond acceptors (Lipinski definition) is 2. The number of rotatable bonds is 1. The summed E-state index contributed by atoms with van der Waals surface area (Å²) in [4.78, 5) is 13.2. The Morgan fingerprint density at radius 2 is 2.00 bits per heavy atom. The molecule has 0 N–H and O–H groups in total. The Labute approximate surface area is 76.3 Å². The molecule has 0 radical (unpaired) electrons. The van der Waals surface area contributed by atoms with Crippen LogP contribution in [0.1, 0.15) is 16.1 Å². The summed E-state index contributed by atoms with van der Waals surface area (Å²) >= 11 is 5.25. The van der Waals surface area contributed by atoms with Gasteiger partial charge in [-0.2, -0.15) is 13.2 Å². The molecule has 1 aromatic rings. The molecule has 0 aliphatic rings. The Bertz CT molecular complexity index is 337. The molecule has 0 atom stereocenters. The molecule has 70 valence electrons. The molecule has 0 saturated heterocycles. The maximum absolute atomic E-state index is 12.1. The lowest BCUT2D eigenvalue weighted by Gasteiger charge is -2.07. The van der Waals surface area contributed by atoms with Gasteiger partial charge in [-0.1, -0.05) is 11.6 Å². The van der Waals surface area contributed by atoms with Crippen LogP contribution in [-0.2, 0) is 6.18 Å². The van der Waals surface area contributed by atoms with Crippen LogP contribution in [0.15, 0.2) is 12.1 Å². The molecule has 0 bridgehead atoms. The zero-order valence-electron chi connectivity index (χ0n) is 6.10. The first-order chi connectivity index (χ1) is 5.95. The lowest BCUT2D eigenvalue weighted by molar-refractivity contribution is -0.141. The fraction of sp³-hybridized carbons (Fsp3) is 0.143. The van der Waals surface area contributed by atoms with Gasteiger partial charge in [-0.15, -0.1) is 0 Å². The number of halogens is 4. The number of carbonyl (C=O) groups is 1. The van der Waals surface area contributed by atoms with E-state index in [4.69, 9.17) is 11.6 Å². The quantitative estimate of drug-likeness (QED) is 0.526. The van der Waals surface area contributed by atoms with Crippen LogP contribution in [0.2, 0.25) is 5.15 Å². The third-order valence-electron chi connectivity index (χ3n) is 1.29. The summed E-state index contributed by atoms with van der Waals surface area (Å²) in [7, 11) is 0. The Balaban J connectivity index is 3.32. The standard InChI is InChI=1S/C7H3ClF3NO/c8-5-2-1-4(3-13)6(12-5)7(9,10)11/h1-3H. The van der Waals surface area contributed by atoms with Gasteiger partial charge < -0.3 is 0 Å². The summed E-state index contributed by atoms with van der Waals surface area (Å²) in [6, 6.07) is 2.10. The highest BCUT2D eigenvalue weighted by Crippen LogP contribution is 2.30. The zero-order valence-corrected chi connectivity index (χ0v) is 6.86. The van der Waals surface area contributed by atoms with Crippen LogP contribution in [-0.4, -0.2) is 11.3 Å². The number of pyridine rings is 1. The maximum atomic E-state index is 12.1. The smallest absolute Gasteiger partial charge is 0.298 e. The van der Waals surface area contributed by atoms with Gasteiger partial charge in [0.2, 0.25) is 0 Å². The van der Waals surface area contributed by atoms with Crippen LogP contribution in [0.3, 0.4) is 0 Å². The van der Waals surface area contributed by atoms with Crippen LogP contribution in [0.25, 0.3) is 0 Å². The van der Waals surface area contributed by atoms with Gasteiger partial charge in [-0.3, -0.25) is 4.79 Å². The largest absolute Gasteiger partial charge is 0.434 e. The highest BCUT2D eigenvalue weighted by molar-refractivity contribution is 6.29. The predicted molar refractivity (Wildman–Crippen MR) is 39.6 cm³/mol. The molecule has 0 aromatic carbocycles. The number of carbonyl (C=O) groups excluding carboxylic acids is 1. The number of nitrogens with zero attached hydrogens (tertiary/aromatic N) is 1. The number of alkyl halides is 3. The Morgan fingerprint density at radius 1 is 1.38 bits per heavy atom. The summed E-state index contributed by atoms with van der Waals surface area (Å²) < 4.78 is 36.4. The van der Waals surface area contributed by atoms with E-state index in [1.54, 1.807) is 0 Å². The molecule has 13 heavy (non-hydrogen) atoms. The van der Waals surface area contributed by atoms with Gasteiger partial charge in [0.1, 0.15) is 5.15 Å². The van der Waals surface area contributed by atoms with E-state index in [2.05, 4.69) is 4.98 Å². The molecule has 0 aliphatic carbocycles. The van der Waals surface area contributed by atoms with Crippen molar-refractivity contribution >= 4 is 17.9 Å². The van der Waals surface area contributed by atoms with Crippen molar-refractivity contribution in [2.24, 2.45) is 0 Å². The van der Waals surface area contributed by atoms with Gasteiger partial charge in [0.25, 0.3) is 0 Å². The minimum absolute atomic E-state index is 0.0894. The molecule has 0 fully saturated rings. The van der Waals surface area contributed by atoms with E-state index >= 15 is 0 Å². The zero-order chi connectivity index (χ0) is 10.1. The fourth-order valence-electron chi connectivity index (χ4n) is 0.768. The first kappa shape index (κ1) is 9.98. The van der Waals surface area contributed by atoms with Gasteiger partial charge in [0.05, 0.1) is 0 Å². The third kappa shape index (κ3) is 2.18. The van der Waals surface area contributed by atoms with Crippen LogP contribution in [0.4, 0.5) is 13.2 Å². The third-order valence-corrected chi connectivity index (χ3v) is 1.50. The molecular formula is C7H3ClF3NO. The summed E-state index contributed by atoms with van der Waals surface area (Å²) in [6.45, 7) is 0. The van der Waals surface area contributed by atoms with Crippen molar-refractivity contribution in [3.63, 3.8) is 0 Å². The molecule has 0 unspecified atom stereocenters. The summed E-state index contributed by atoms with van der Waals surface area (Å²) in [6.07, 6.45) is -4.56. The second-order valence-electron chi connectivity index (χ2n) is 2.19. The summed E-state index contributed by atoms with van der Waals surface area (Å²) in [5.74, 6) is 0. The fourth-order valence-corrected chi connectivity index (χ4v) is 0.916. The first-order valence-electron chi connectivity index (χ1n) is 3.14. The molecule has 0 aliphatic heterocycles. The Morgan fingerprint density at radius 3 is 2.46 bits per heavy atom. The van der Waals surface area contributed by atoms with E-state index in [1.165, 1.54) is 0 Å². The van der Waals surface area contributed by atoms with E-state index in [9.17, 15) is 18.0 Å². The van der Waals surface area contributed by atoms with Crippen LogP contribution in [0.5, 0.6) is 0 Å². The number of aromatic nitrogens is 1. The van der Waals surface area contributed by atoms with Crippen molar-refractivity contribution in [2.75, 3.05) is 0 Å². The number of hydrogen-bond donors (Lipinski definition) is 0. The van der Waals surface area contributed by atoms with Crippen molar-refractivity contribution in [1.82, 2.24) is 4.98 Å².